The highest BCUT2D eigenvalue weighted by Gasteiger charge is 2.10. The van der Waals surface area contributed by atoms with Crippen molar-refractivity contribution in [3.63, 3.8) is 0 Å². The van der Waals surface area contributed by atoms with Crippen molar-refractivity contribution in [2.24, 2.45) is 0 Å². The average molecular weight is 345 g/mol. The fraction of sp³-hybridized carbons (Fsp3) is 0.0625. The van der Waals surface area contributed by atoms with Gasteiger partial charge in [0, 0.05) is 22.8 Å². The molecule has 0 bridgehead atoms. The summed E-state index contributed by atoms with van der Waals surface area (Å²) in [6.07, 6.45) is 0. The maximum atomic E-state index is 12.9. The summed E-state index contributed by atoms with van der Waals surface area (Å²) < 4.78 is 17.1. The molecule has 0 fully saturated rings. The quantitative estimate of drug-likeness (QED) is 0.704. The Bertz CT molecular complexity index is 791. The van der Waals surface area contributed by atoms with Crippen LogP contribution in [0, 0.1) is 5.82 Å². The van der Waals surface area contributed by atoms with Crippen LogP contribution < -0.4 is 5.32 Å². The van der Waals surface area contributed by atoms with Crippen LogP contribution in [0.25, 0.3) is 0 Å². The van der Waals surface area contributed by atoms with Crippen LogP contribution in [0.15, 0.2) is 59.8 Å². The molecule has 0 aliphatic heterocycles. The van der Waals surface area contributed by atoms with Crippen molar-refractivity contribution in [2.45, 2.75) is 10.9 Å². The molecule has 0 aliphatic carbocycles. The highest BCUT2D eigenvalue weighted by molar-refractivity contribution is 7.98. The minimum atomic E-state index is -0.378. The van der Waals surface area contributed by atoms with Gasteiger partial charge >= 0.3 is 0 Å². The molecule has 0 spiro atoms. The molecular weight excluding hydrogens is 333 g/mol. The lowest BCUT2D eigenvalue weighted by molar-refractivity contribution is 0.102. The smallest absolute Gasteiger partial charge is 0.257 e. The van der Waals surface area contributed by atoms with Crippen LogP contribution >= 0.6 is 23.3 Å². The van der Waals surface area contributed by atoms with Gasteiger partial charge in [-0.1, -0.05) is 42.1 Å². The third-order valence-electron chi connectivity index (χ3n) is 2.95. The van der Waals surface area contributed by atoms with Crippen LogP contribution in [-0.2, 0) is 5.75 Å². The Hall–Kier alpha value is -2.25. The summed E-state index contributed by atoms with van der Waals surface area (Å²) in [5.41, 5.74) is 1.56. The highest BCUT2D eigenvalue weighted by Crippen LogP contribution is 2.23. The molecule has 0 saturated heterocycles. The molecule has 0 saturated carbocycles. The van der Waals surface area contributed by atoms with Crippen molar-refractivity contribution in [1.29, 1.82) is 0 Å². The van der Waals surface area contributed by atoms with Crippen LogP contribution in [0.2, 0.25) is 0 Å². The monoisotopic (exact) mass is 345 g/mol. The normalized spacial score (nSPS) is 10.5. The first-order valence-corrected chi connectivity index (χ1v) is 8.54. The van der Waals surface area contributed by atoms with Crippen molar-refractivity contribution in [1.82, 2.24) is 9.36 Å². The molecule has 7 heteroatoms. The molecule has 0 aliphatic rings. The van der Waals surface area contributed by atoms with Gasteiger partial charge in [-0.15, -0.1) is 0 Å². The number of benzene rings is 2. The number of rotatable bonds is 5. The number of hydrogen-bond donors (Lipinski definition) is 1. The largest absolute Gasteiger partial charge is 0.297 e. The zero-order chi connectivity index (χ0) is 16.1. The Balaban J connectivity index is 1.58. The average Bonchev–Trinajstić information content (AvgIpc) is 3.02. The Morgan fingerprint density at radius 2 is 1.87 bits per heavy atom. The standard InChI is InChI=1S/C16H12FN3OS2/c17-13-8-6-12(7-9-13)14(21)18-15-19-16(20-23-15)22-10-11-4-2-1-3-5-11/h1-9H,10H2,(H,18,19,20,21). The van der Waals surface area contributed by atoms with Crippen LogP contribution in [0.1, 0.15) is 15.9 Å². The van der Waals surface area contributed by atoms with E-state index in [1.54, 1.807) is 0 Å². The number of aromatic nitrogens is 2. The summed E-state index contributed by atoms with van der Waals surface area (Å²) in [4.78, 5) is 16.3. The zero-order valence-electron chi connectivity index (χ0n) is 11.9. The molecule has 1 aromatic heterocycles. The number of amides is 1. The molecule has 3 aromatic rings. The minimum Gasteiger partial charge on any atom is -0.297 e. The van der Waals surface area contributed by atoms with Gasteiger partial charge in [0.25, 0.3) is 5.91 Å². The lowest BCUT2D eigenvalue weighted by Crippen LogP contribution is -2.11. The van der Waals surface area contributed by atoms with E-state index in [1.165, 1.54) is 41.6 Å². The topological polar surface area (TPSA) is 54.9 Å². The van der Waals surface area contributed by atoms with Gasteiger partial charge in [-0.2, -0.15) is 9.36 Å². The molecule has 23 heavy (non-hydrogen) atoms. The van der Waals surface area contributed by atoms with E-state index in [2.05, 4.69) is 14.7 Å². The van der Waals surface area contributed by atoms with E-state index in [0.717, 1.165) is 17.3 Å². The maximum absolute atomic E-state index is 12.9. The number of halogens is 1. The number of thioether (sulfide) groups is 1. The molecule has 4 nitrogen and oxygen atoms in total. The number of anilines is 1. The van der Waals surface area contributed by atoms with Gasteiger partial charge in [0.2, 0.25) is 10.3 Å². The van der Waals surface area contributed by atoms with E-state index in [1.807, 2.05) is 30.3 Å². The SMILES string of the molecule is O=C(Nc1nc(SCc2ccccc2)ns1)c1ccc(F)cc1. The first kappa shape index (κ1) is 15.6. The Morgan fingerprint density at radius 3 is 2.61 bits per heavy atom. The van der Waals surface area contributed by atoms with Crippen molar-refractivity contribution < 1.29 is 9.18 Å². The van der Waals surface area contributed by atoms with Crippen LogP contribution in [-0.4, -0.2) is 15.3 Å². The lowest BCUT2D eigenvalue weighted by Gasteiger charge is -2.00. The van der Waals surface area contributed by atoms with Gasteiger partial charge in [-0.05, 0) is 29.8 Å². The summed E-state index contributed by atoms with van der Waals surface area (Å²) in [5.74, 6) is 0.0564. The summed E-state index contributed by atoms with van der Waals surface area (Å²) in [6.45, 7) is 0. The van der Waals surface area contributed by atoms with Gasteiger partial charge in [0.05, 0.1) is 0 Å². The second-order valence-corrected chi connectivity index (χ2v) is 6.31. The third kappa shape index (κ3) is 4.37. The zero-order valence-corrected chi connectivity index (χ0v) is 13.5. The Kier molecular flexibility index (Phi) is 4.99. The van der Waals surface area contributed by atoms with E-state index in [-0.39, 0.29) is 11.7 Å². The highest BCUT2D eigenvalue weighted by atomic mass is 32.2. The fourth-order valence-electron chi connectivity index (χ4n) is 1.81. The molecule has 0 unspecified atom stereocenters. The van der Waals surface area contributed by atoms with Crippen molar-refractivity contribution in [2.75, 3.05) is 5.32 Å². The minimum absolute atomic E-state index is 0.333. The van der Waals surface area contributed by atoms with E-state index < -0.39 is 0 Å². The Morgan fingerprint density at radius 1 is 1.13 bits per heavy atom. The van der Waals surface area contributed by atoms with Crippen molar-refractivity contribution in [3.8, 4) is 0 Å². The molecular formula is C16H12FN3OS2. The van der Waals surface area contributed by atoms with E-state index in [9.17, 15) is 9.18 Å². The predicted octanol–water partition coefficient (Wildman–Crippen LogP) is 4.22. The second kappa shape index (κ2) is 7.34. The maximum Gasteiger partial charge on any atom is 0.257 e. The number of nitrogens with zero attached hydrogens (tertiary/aromatic N) is 2. The van der Waals surface area contributed by atoms with Gasteiger partial charge in [0.15, 0.2) is 0 Å². The molecule has 116 valence electrons. The molecule has 0 radical (unpaired) electrons. The summed E-state index contributed by atoms with van der Waals surface area (Å²) in [6, 6.07) is 15.4. The van der Waals surface area contributed by atoms with Gasteiger partial charge in [0.1, 0.15) is 5.82 Å². The van der Waals surface area contributed by atoms with Gasteiger partial charge < -0.3 is 0 Å². The Labute approximate surface area is 140 Å². The van der Waals surface area contributed by atoms with Crippen LogP contribution in [0.5, 0.6) is 0 Å². The molecule has 1 heterocycles. The van der Waals surface area contributed by atoms with Crippen LogP contribution in [0.3, 0.4) is 0 Å². The van der Waals surface area contributed by atoms with E-state index in [4.69, 9.17) is 0 Å². The number of nitrogens with one attached hydrogen (secondary N) is 1. The molecule has 2 aromatic carbocycles. The lowest BCUT2D eigenvalue weighted by atomic mass is 10.2. The summed E-state index contributed by atoms with van der Waals surface area (Å²) in [7, 11) is 0. The third-order valence-corrected chi connectivity index (χ3v) is 4.61. The van der Waals surface area contributed by atoms with Crippen molar-refractivity contribution >= 4 is 34.3 Å². The van der Waals surface area contributed by atoms with Crippen LogP contribution in [0.4, 0.5) is 9.52 Å². The molecule has 1 amide bonds. The van der Waals surface area contributed by atoms with E-state index in [0.29, 0.717) is 15.9 Å². The summed E-state index contributed by atoms with van der Waals surface area (Å²) in [5, 5.41) is 3.71. The van der Waals surface area contributed by atoms with Gasteiger partial charge in [-0.3, -0.25) is 10.1 Å². The molecule has 3 rings (SSSR count). The number of hydrogen-bond acceptors (Lipinski definition) is 5. The molecule has 1 N–H and O–H groups in total. The molecule has 0 atom stereocenters. The van der Waals surface area contributed by atoms with Crippen molar-refractivity contribution in [3.05, 3.63) is 71.5 Å². The second-order valence-electron chi connectivity index (χ2n) is 4.62. The fourth-order valence-corrected chi connectivity index (χ4v) is 3.31. The predicted molar refractivity (Wildman–Crippen MR) is 90.3 cm³/mol. The first-order valence-electron chi connectivity index (χ1n) is 6.78. The van der Waals surface area contributed by atoms with E-state index >= 15 is 0 Å². The first-order chi connectivity index (χ1) is 11.2. The van der Waals surface area contributed by atoms with Gasteiger partial charge in [-0.25, -0.2) is 4.39 Å². The number of carbonyl (C=O) groups is 1. The summed E-state index contributed by atoms with van der Waals surface area (Å²) >= 11 is 2.63. The number of carbonyl (C=O) groups excluding carboxylic acids is 1.